The number of ether oxygens (including phenoxy) is 1. The zero-order valence-corrected chi connectivity index (χ0v) is 12.5. The molecule has 0 radical (unpaired) electrons. The van der Waals surface area contributed by atoms with Gasteiger partial charge in [0.2, 0.25) is 0 Å². The Morgan fingerprint density at radius 3 is 2.35 bits per heavy atom. The second-order valence-electron chi connectivity index (χ2n) is 4.29. The summed E-state index contributed by atoms with van der Waals surface area (Å²) in [5.41, 5.74) is 0.500. The van der Waals surface area contributed by atoms with Crippen molar-refractivity contribution < 1.29 is 19.6 Å². The van der Waals surface area contributed by atoms with Crippen LogP contribution < -0.4 is 4.74 Å². The SMILES string of the molecule is C.O=C1Cc2cc(Cl)ccc2O1.O=[N+]([O-])c1cc(Cl)ccc1O. The molecule has 23 heavy (non-hydrogen) atoms. The minimum absolute atomic E-state index is 0. The lowest BCUT2D eigenvalue weighted by Crippen LogP contribution is -1.99. The van der Waals surface area contributed by atoms with Crippen molar-refractivity contribution in [3.63, 3.8) is 0 Å². The van der Waals surface area contributed by atoms with Crippen LogP contribution in [0.3, 0.4) is 0 Å². The fourth-order valence-electron chi connectivity index (χ4n) is 1.74. The Labute approximate surface area is 142 Å². The minimum atomic E-state index is -0.693. The third-order valence-corrected chi connectivity index (χ3v) is 3.19. The van der Waals surface area contributed by atoms with Crippen LogP contribution in [0, 0.1) is 10.1 Å². The van der Waals surface area contributed by atoms with Crippen molar-refractivity contribution in [2.24, 2.45) is 0 Å². The average Bonchev–Trinajstić information content (AvgIpc) is 2.81. The van der Waals surface area contributed by atoms with Crippen LogP contribution >= 0.6 is 23.2 Å². The highest BCUT2D eigenvalue weighted by molar-refractivity contribution is 6.31. The number of esters is 1. The maximum Gasteiger partial charge on any atom is 0.315 e. The maximum atomic E-state index is 10.7. The van der Waals surface area contributed by atoms with E-state index in [9.17, 15) is 14.9 Å². The Hall–Kier alpha value is -2.31. The molecule has 3 rings (SSSR count). The molecule has 1 aliphatic rings. The summed E-state index contributed by atoms with van der Waals surface area (Å²) >= 11 is 11.1. The number of hydrogen-bond donors (Lipinski definition) is 1. The summed E-state index contributed by atoms with van der Waals surface area (Å²) in [6.07, 6.45) is 0.343. The van der Waals surface area contributed by atoms with Crippen LogP contribution in [-0.4, -0.2) is 16.0 Å². The molecule has 6 nitrogen and oxygen atoms in total. The quantitative estimate of drug-likeness (QED) is 0.353. The van der Waals surface area contributed by atoms with Gasteiger partial charge >= 0.3 is 11.7 Å². The summed E-state index contributed by atoms with van der Waals surface area (Å²) in [6, 6.07) is 8.82. The molecule has 0 saturated heterocycles. The van der Waals surface area contributed by atoms with E-state index in [1.54, 1.807) is 18.2 Å². The molecule has 1 N–H and O–H groups in total. The first-order valence-corrected chi connectivity index (χ1v) is 6.74. The lowest BCUT2D eigenvalue weighted by atomic mass is 10.2. The number of carbonyl (C=O) groups excluding carboxylic acids is 1. The molecule has 0 amide bonds. The highest BCUT2D eigenvalue weighted by Crippen LogP contribution is 2.28. The number of nitro benzene ring substituents is 1. The molecule has 0 fully saturated rings. The molecule has 1 aliphatic heterocycles. The van der Waals surface area contributed by atoms with Crippen molar-refractivity contribution in [3.8, 4) is 11.5 Å². The van der Waals surface area contributed by atoms with Gasteiger partial charge in [-0.05, 0) is 30.3 Å². The van der Waals surface area contributed by atoms with Crippen molar-refractivity contribution in [2.45, 2.75) is 13.8 Å². The summed E-state index contributed by atoms with van der Waals surface area (Å²) in [4.78, 5) is 20.2. The second-order valence-corrected chi connectivity index (χ2v) is 5.17. The van der Waals surface area contributed by atoms with Crippen molar-refractivity contribution in [2.75, 3.05) is 0 Å². The first-order chi connectivity index (χ1) is 10.4. The second kappa shape index (κ2) is 7.80. The molecule has 0 spiro atoms. The van der Waals surface area contributed by atoms with Gasteiger partial charge in [-0.1, -0.05) is 30.6 Å². The fraction of sp³-hybridized carbons (Fsp3) is 0.133. The number of nitro groups is 1. The summed E-state index contributed by atoms with van der Waals surface area (Å²) in [5, 5.41) is 19.9. The molecule has 0 unspecified atom stereocenters. The largest absolute Gasteiger partial charge is 0.502 e. The number of hydrogen-bond acceptors (Lipinski definition) is 5. The van der Waals surface area contributed by atoms with Gasteiger partial charge in [-0.3, -0.25) is 14.9 Å². The molecule has 122 valence electrons. The van der Waals surface area contributed by atoms with Gasteiger partial charge in [0.1, 0.15) is 5.75 Å². The number of phenols is 1. The number of fused-ring (bicyclic) bond motifs is 1. The minimum Gasteiger partial charge on any atom is -0.502 e. The van der Waals surface area contributed by atoms with Crippen LogP contribution in [0.15, 0.2) is 36.4 Å². The summed E-state index contributed by atoms with van der Waals surface area (Å²) < 4.78 is 4.86. The molecule has 0 aromatic heterocycles. The lowest BCUT2D eigenvalue weighted by Gasteiger charge is -1.94. The number of nitrogens with zero attached hydrogens (tertiary/aromatic N) is 1. The van der Waals surface area contributed by atoms with Crippen LogP contribution in [0.2, 0.25) is 10.0 Å². The van der Waals surface area contributed by atoms with Crippen LogP contribution in [0.25, 0.3) is 0 Å². The van der Waals surface area contributed by atoms with Gasteiger partial charge in [-0.2, -0.15) is 0 Å². The molecule has 0 aliphatic carbocycles. The van der Waals surface area contributed by atoms with E-state index < -0.39 is 4.92 Å². The van der Waals surface area contributed by atoms with Crippen molar-refractivity contribution in [3.05, 3.63) is 62.1 Å². The van der Waals surface area contributed by atoms with Crippen LogP contribution in [0.1, 0.15) is 13.0 Å². The van der Waals surface area contributed by atoms with E-state index in [2.05, 4.69) is 0 Å². The van der Waals surface area contributed by atoms with Crippen LogP contribution in [0.4, 0.5) is 5.69 Å². The topological polar surface area (TPSA) is 89.7 Å². The van der Waals surface area contributed by atoms with E-state index >= 15 is 0 Å². The number of rotatable bonds is 1. The normalized spacial score (nSPS) is 11.5. The van der Waals surface area contributed by atoms with Crippen molar-refractivity contribution in [1.82, 2.24) is 0 Å². The van der Waals surface area contributed by atoms with Crippen molar-refractivity contribution in [1.29, 1.82) is 0 Å². The lowest BCUT2D eigenvalue weighted by molar-refractivity contribution is -0.385. The van der Waals surface area contributed by atoms with Crippen molar-refractivity contribution >= 4 is 34.9 Å². The number of halogens is 2. The number of benzene rings is 2. The summed E-state index contributed by atoms with van der Waals surface area (Å²) in [6.45, 7) is 0. The molecule has 8 heteroatoms. The average molecular weight is 358 g/mol. The predicted octanol–water partition coefficient (Wildman–Crippen LogP) is 4.39. The fourth-order valence-corrected chi connectivity index (χ4v) is 2.10. The highest BCUT2D eigenvalue weighted by atomic mass is 35.5. The molecule has 0 atom stereocenters. The van der Waals surface area contributed by atoms with Crippen LogP contribution in [-0.2, 0) is 11.2 Å². The smallest absolute Gasteiger partial charge is 0.315 e. The van der Waals surface area contributed by atoms with E-state index in [1.165, 1.54) is 12.1 Å². The molecule has 2 aromatic carbocycles. The van der Waals surface area contributed by atoms with E-state index in [1.807, 2.05) is 0 Å². The Morgan fingerprint density at radius 2 is 1.74 bits per heavy atom. The van der Waals surface area contributed by atoms with Gasteiger partial charge in [0.15, 0.2) is 5.75 Å². The first kappa shape index (κ1) is 18.7. The van der Waals surface area contributed by atoms with Gasteiger partial charge in [0.05, 0.1) is 11.3 Å². The number of aromatic hydroxyl groups is 1. The van der Waals surface area contributed by atoms with Gasteiger partial charge in [-0.25, -0.2) is 0 Å². The maximum absolute atomic E-state index is 10.7. The third kappa shape index (κ3) is 4.84. The van der Waals surface area contributed by atoms with Gasteiger partial charge in [0, 0.05) is 21.7 Å². The van der Waals surface area contributed by atoms with E-state index in [4.69, 9.17) is 33.0 Å². The summed E-state index contributed by atoms with van der Waals surface area (Å²) in [7, 11) is 0. The highest BCUT2D eigenvalue weighted by Gasteiger charge is 2.19. The molecule has 1 heterocycles. The first-order valence-electron chi connectivity index (χ1n) is 5.99. The predicted molar refractivity (Wildman–Crippen MR) is 87.3 cm³/mol. The Morgan fingerprint density at radius 1 is 1.13 bits per heavy atom. The molecule has 0 saturated carbocycles. The molecular formula is C15H13Cl2NO5. The van der Waals surface area contributed by atoms with E-state index in [0.29, 0.717) is 17.2 Å². The van der Waals surface area contributed by atoms with E-state index in [0.717, 1.165) is 11.6 Å². The van der Waals surface area contributed by atoms with E-state index in [-0.39, 0.29) is 29.9 Å². The Kier molecular flexibility index (Phi) is 6.36. The van der Waals surface area contributed by atoms with Gasteiger partial charge in [0.25, 0.3) is 0 Å². The monoisotopic (exact) mass is 357 g/mol. The Bertz CT molecular complexity index is 749. The Balaban J connectivity index is 0.000000220. The zero-order valence-electron chi connectivity index (χ0n) is 11.0. The molecule has 0 bridgehead atoms. The zero-order chi connectivity index (χ0) is 16.3. The van der Waals surface area contributed by atoms with Gasteiger partial charge < -0.3 is 9.84 Å². The number of phenolic OH excluding ortho intramolecular Hbond substituents is 1. The molecular weight excluding hydrogens is 345 g/mol. The standard InChI is InChI=1S/C8H5ClO2.C6H4ClNO3.CH4/c9-6-1-2-7-5(3-6)4-8(10)11-7;7-4-1-2-6(9)5(3-4)8(10)11;/h1-3H,4H2;1-3,9H;1H4. The molecule has 2 aromatic rings. The van der Waals surface area contributed by atoms with Gasteiger partial charge in [-0.15, -0.1) is 0 Å². The third-order valence-electron chi connectivity index (χ3n) is 2.72. The number of carbonyl (C=O) groups is 1. The summed E-state index contributed by atoms with van der Waals surface area (Å²) in [5.74, 6) is 0.0565. The van der Waals surface area contributed by atoms with Crippen LogP contribution in [0.5, 0.6) is 11.5 Å².